The molecule has 1 aliphatic carbocycles. The van der Waals surface area contributed by atoms with Crippen molar-refractivity contribution in [2.24, 2.45) is 0 Å². The molecule has 10 heteroatoms. The van der Waals surface area contributed by atoms with Crippen LogP contribution in [0.5, 0.6) is 0 Å². The number of hydrogen-bond donors (Lipinski definition) is 6. The van der Waals surface area contributed by atoms with Crippen LogP contribution in [0.4, 0.5) is 0 Å². The molecule has 0 aromatic heterocycles. The summed E-state index contributed by atoms with van der Waals surface area (Å²) in [7, 11) is -10.3. The van der Waals surface area contributed by atoms with Crippen LogP contribution in [0.1, 0.15) is 0 Å². The van der Waals surface area contributed by atoms with Crippen molar-refractivity contribution in [1.82, 2.24) is 5.32 Å². The Morgan fingerprint density at radius 1 is 1.22 bits per heavy atom. The maximum Gasteiger partial charge on any atom is 0.352 e. The van der Waals surface area contributed by atoms with E-state index in [9.17, 15) is 28.7 Å². The molecule has 2 aliphatic rings. The molecule has 7 nitrogen and oxygen atoms in total. The third kappa shape index (κ3) is 1.77. The minimum atomic E-state index is -5.14. The Kier molecular flexibility index (Phi) is 3.19. The summed E-state index contributed by atoms with van der Waals surface area (Å²) < 4.78 is 23.2. The Morgan fingerprint density at radius 3 is 2.22 bits per heavy atom. The number of hydrogen-bond acceptors (Lipinski definition) is 4. The summed E-state index contributed by atoms with van der Waals surface area (Å²) in [6, 6.07) is 0. The summed E-state index contributed by atoms with van der Waals surface area (Å²) in [4.78, 5) is 34.4. The van der Waals surface area contributed by atoms with Gasteiger partial charge in [0.05, 0.1) is 0 Å². The maximum atomic E-state index is 11.6. The molecule has 0 aromatic carbocycles. The van der Waals surface area contributed by atoms with Crippen LogP contribution >= 0.6 is 27.8 Å². The van der Waals surface area contributed by atoms with Gasteiger partial charge in [-0.1, -0.05) is 12.2 Å². The van der Waals surface area contributed by atoms with E-state index in [4.69, 9.17) is 0 Å². The second-order valence-corrected chi connectivity index (χ2v) is 8.30. The van der Waals surface area contributed by atoms with Gasteiger partial charge in [0.1, 0.15) is 0 Å². The summed E-state index contributed by atoms with van der Waals surface area (Å²) in [5.74, 6) is 0. The highest BCUT2D eigenvalue weighted by Crippen LogP contribution is 2.75. The van der Waals surface area contributed by atoms with Crippen molar-refractivity contribution in [3.05, 3.63) is 34.4 Å². The monoisotopic (exact) mass is 311 g/mol. The lowest BCUT2D eigenvalue weighted by atomic mass is 10.1. The molecule has 100 valence electrons. The van der Waals surface area contributed by atoms with E-state index in [-0.39, 0.29) is 16.2 Å². The highest BCUT2D eigenvalue weighted by molar-refractivity contribution is 7.87. The van der Waals surface area contributed by atoms with Crippen molar-refractivity contribution in [3.63, 3.8) is 0 Å². The molecule has 0 spiro atoms. The predicted octanol–water partition coefficient (Wildman–Crippen LogP) is 0.279. The lowest BCUT2D eigenvalue weighted by Gasteiger charge is -2.29. The van der Waals surface area contributed by atoms with E-state index in [0.717, 1.165) is 6.08 Å². The number of allylic oxidation sites excluding steroid dienone is 3. The van der Waals surface area contributed by atoms with E-state index >= 15 is 0 Å². The number of rotatable bonds is 2. The molecule has 2 rings (SSSR count). The van der Waals surface area contributed by atoms with Crippen LogP contribution in [-0.4, -0.2) is 31.0 Å². The van der Waals surface area contributed by atoms with Crippen LogP contribution in [-0.2, 0) is 9.13 Å². The zero-order valence-electron chi connectivity index (χ0n) is 8.89. The van der Waals surface area contributed by atoms with Crippen molar-refractivity contribution in [2.75, 3.05) is 6.54 Å². The van der Waals surface area contributed by atoms with Gasteiger partial charge in [0, 0.05) is 22.7 Å². The van der Waals surface area contributed by atoms with Gasteiger partial charge in [-0.25, -0.2) is 0 Å². The van der Waals surface area contributed by atoms with Gasteiger partial charge in [0.15, 0.2) is 0 Å². The van der Waals surface area contributed by atoms with Crippen LogP contribution < -0.4 is 5.32 Å². The van der Waals surface area contributed by atoms with E-state index < -0.39 is 20.1 Å². The molecule has 18 heavy (non-hydrogen) atoms. The average molecular weight is 311 g/mol. The fourth-order valence-electron chi connectivity index (χ4n) is 1.95. The van der Waals surface area contributed by atoms with Crippen LogP contribution in [0.25, 0.3) is 0 Å². The Hall–Kier alpha value is -0.330. The summed E-state index contributed by atoms with van der Waals surface area (Å²) in [6.07, 6.45) is 4.08. The van der Waals surface area contributed by atoms with Crippen molar-refractivity contribution < 1.29 is 28.7 Å². The molecular weight excluding hydrogens is 300 g/mol. The highest BCUT2D eigenvalue weighted by atomic mass is 32.1. The van der Waals surface area contributed by atoms with E-state index in [0.29, 0.717) is 6.54 Å². The van der Waals surface area contributed by atoms with Gasteiger partial charge >= 0.3 is 15.2 Å². The van der Waals surface area contributed by atoms with Gasteiger partial charge < -0.3 is 24.9 Å². The molecule has 1 heterocycles. The Balaban J connectivity index is 2.79. The van der Waals surface area contributed by atoms with Crippen LogP contribution in [0.3, 0.4) is 0 Å². The molecule has 0 fully saturated rings. The molecule has 0 saturated carbocycles. The fraction of sp³-hybridized carbons (Fsp3) is 0.250. The Bertz CT molecular complexity index is 560. The molecule has 5 N–H and O–H groups in total. The first-order chi connectivity index (χ1) is 8.11. The van der Waals surface area contributed by atoms with Crippen molar-refractivity contribution >= 4 is 27.8 Å². The van der Waals surface area contributed by atoms with Gasteiger partial charge in [-0.15, -0.1) is 12.6 Å². The van der Waals surface area contributed by atoms with Crippen LogP contribution in [0, 0.1) is 0 Å². The largest absolute Gasteiger partial charge is 0.381 e. The first kappa shape index (κ1) is 14.1. The molecule has 0 radical (unpaired) electrons. The van der Waals surface area contributed by atoms with Crippen molar-refractivity contribution in [3.8, 4) is 0 Å². The van der Waals surface area contributed by atoms with E-state index in [1.807, 2.05) is 0 Å². The lowest BCUT2D eigenvalue weighted by molar-refractivity contribution is 0.333. The molecule has 0 atom stereocenters. The molecule has 0 amide bonds. The summed E-state index contributed by atoms with van der Waals surface area (Å²) in [5.41, 5.74) is 0.561. The van der Waals surface area contributed by atoms with Gasteiger partial charge in [-0.05, 0) is 6.08 Å². The van der Waals surface area contributed by atoms with Gasteiger partial charge in [0.25, 0.3) is 0 Å². The predicted molar refractivity (Wildman–Crippen MR) is 68.1 cm³/mol. The Labute approximate surface area is 108 Å². The van der Waals surface area contributed by atoms with Gasteiger partial charge in [-0.2, -0.15) is 0 Å². The van der Waals surface area contributed by atoms with E-state index in [2.05, 4.69) is 17.9 Å². The molecule has 0 saturated heterocycles. The van der Waals surface area contributed by atoms with Gasteiger partial charge in [-0.3, -0.25) is 9.13 Å². The zero-order valence-corrected chi connectivity index (χ0v) is 11.6. The van der Waals surface area contributed by atoms with Crippen molar-refractivity contribution in [1.29, 1.82) is 0 Å². The second kappa shape index (κ2) is 4.08. The first-order valence-corrected chi connectivity index (χ1v) is 8.47. The topological polar surface area (TPSA) is 127 Å². The molecular formula is C8H11NO6P2S. The number of nitrogens with one attached hydrogen (secondary N) is 1. The first-order valence-electron chi connectivity index (χ1n) is 4.80. The van der Waals surface area contributed by atoms with Gasteiger partial charge in [0.2, 0.25) is 4.90 Å². The maximum absolute atomic E-state index is 11.6. The zero-order chi connectivity index (χ0) is 13.8. The van der Waals surface area contributed by atoms with Crippen LogP contribution in [0.2, 0.25) is 0 Å². The number of fused-ring (bicyclic) bond motifs is 1. The minimum absolute atomic E-state index is 0.272. The normalized spacial score (nSPS) is 22.6. The standard InChI is InChI=1S/C8H11NO6P2S/c10-16(11,12)8(17(13,14)15)4-6-5(7(8)18)2-1-3-9-6/h1-2,4,9,18H,3H2,(H2,10,11,12)(H2,13,14,15). The third-order valence-electron chi connectivity index (χ3n) is 2.82. The molecule has 1 aliphatic heterocycles. The lowest BCUT2D eigenvalue weighted by Crippen LogP contribution is -2.25. The van der Waals surface area contributed by atoms with E-state index in [1.54, 1.807) is 6.08 Å². The molecule has 0 unspecified atom stereocenters. The second-order valence-electron chi connectivity index (χ2n) is 3.92. The quantitative estimate of drug-likeness (QED) is 0.319. The number of thiol groups is 1. The SMILES string of the molecule is O=P(O)(O)C1(P(=O)(O)O)C=C2NCC=CC2=C1S. The highest BCUT2D eigenvalue weighted by Gasteiger charge is 2.63. The fourth-order valence-corrected chi connectivity index (χ4v) is 5.73. The minimum Gasteiger partial charge on any atom is -0.381 e. The van der Waals surface area contributed by atoms with E-state index in [1.165, 1.54) is 6.08 Å². The average Bonchev–Trinajstić information content (AvgIpc) is 2.52. The summed E-state index contributed by atoms with van der Waals surface area (Å²) >= 11 is 3.93. The molecule has 0 aromatic rings. The molecule has 0 bridgehead atoms. The summed E-state index contributed by atoms with van der Waals surface area (Å²) in [6.45, 7) is 0.411. The smallest absolute Gasteiger partial charge is 0.352 e. The Morgan fingerprint density at radius 2 is 1.78 bits per heavy atom. The third-order valence-corrected chi connectivity index (χ3v) is 7.81. The summed E-state index contributed by atoms with van der Waals surface area (Å²) in [5, 5.41) is 2.79. The van der Waals surface area contributed by atoms with Crippen molar-refractivity contribution in [2.45, 2.75) is 4.90 Å². The van der Waals surface area contributed by atoms with Crippen LogP contribution in [0.15, 0.2) is 34.4 Å².